The van der Waals surface area contributed by atoms with Gasteiger partial charge in [-0.3, -0.25) is 14.4 Å². The molecule has 1 aromatic carbocycles. The Morgan fingerprint density at radius 1 is 1.31 bits per heavy atom. The van der Waals surface area contributed by atoms with Crippen LogP contribution in [0.1, 0.15) is 37.7 Å². The molecule has 2 amide bonds. The molecular formula is C19H26N2O5. The number of carboxylic acids is 1. The van der Waals surface area contributed by atoms with Gasteiger partial charge in [0.2, 0.25) is 5.91 Å². The number of hydrogen-bond acceptors (Lipinski definition) is 4. The molecule has 0 aliphatic carbocycles. The number of nitrogens with one attached hydrogen (secondary N) is 1. The van der Waals surface area contributed by atoms with Crippen LogP contribution in [-0.4, -0.2) is 54.0 Å². The summed E-state index contributed by atoms with van der Waals surface area (Å²) in [5.41, 5.74) is 0.812. The van der Waals surface area contributed by atoms with Gasteiger partial charge in [0.1, 0.15) is 5.75 Å². The Hall–Kier alpha value is -2.57. The molecule has 2 rings (SSSR count). The lowest BCUT2D eigenvalue weighted by Gasteiger charge is -2.35. The van der Waals surface area contributed by atoms with Crippen LogP contribution in [0, 0.1) is 0 Å². The molecule has 2 N–H and O–H groups in total. The predicted molar refractivity (Wildman–Crippen MR) is 95.9 cm³/mol. The smallest absolute Gasteiger partial charge is 0.303 e. The summed E-state index contributed by atoms with van der Waals surface area (Å²) in [5.74, 6) is -0.506. The molecule has 142 valence electrons. The van der Waals surface area contributed by atoms with Crippen molar-refractivity contribution < 1.29 is 24.2 Å². The van der Waals surface area contributed by atoms with Crippen molar-refractivity contribution in [1.82, 2.24) is 10.2 Å². The van der Waals surface area contributed by atoms with Crippen molar-refractivity contribution in [2.75, 3.05) is 20.2 Å². The third-order valence-corrected chi connectivity index (χ3v) is 4.54. The zero-order chi connectivity index (χ0) is 18.9. The Morgan fingerprint density at radius 3 is 2.85 bits per heavy atom. The second-order valence-electron chi connectivity index (χ2n) is 6.46. The Labute approximate surface area is 153 Å². The van der Waals surface area contributed by atoms with Gasteiger partial charge in [0.15, 0.2) is 6.61 Å². The normalized spacial score (nSPS) is 16.8. The van der Waals surface area contributed by atoms with Gasteiger partial charge in [-0.25, -0.2) is 0 Å². The van der Waals surface area contributed by atoms with Gasteiger partial charge in [-0.1, -0.05) is 12.1 Å². The molecule has 1 heterocycles. The maximum Gasteiger partial charge on any atom is 0.303 e. The van der Waals surface area contributed by atoms with Gasteiger partial charge in [-0.05, 0) is 43.4 Å². The van der Waals surface area contributed by atoms with E-state index in [1.165, 1.54) is 0 Å². The number of aliphatic carboxylic acids is 1. The minimum Gasteiger partial charge on any atom is -0.484 e. The first-order valence-corrected chi connectivity index (χ1v) is 8.93. The molecule has 1 aromatic rings. The second kappa shape index (κ2) is 9.79. The average Bonchev–Trinajstić information content (AvgIpc) is 2.64. The molecule has 0 aromatic heterocycles. The van der Waals surface area contributed by atoms with E-state index in [1.54, 1.807) is 25.2 Å². The van der Waals surface area contributed by atoms with Crippen LogP contribution in [0.15, 0.2) is 24.3 Å². The first-order chi connectivity index (χ1) is 12.5. The Balaban J connectivity index is 1.96. The van der Waals surface area contributed by atoms with Crippen molar-refractivity contribution in [3.63, 3.8) is 0 Å². The van der Waals surface area contributed by atoms with Crippen LogP contribution in [0.25, 0.3) is 0 Å². The molecule has 0 spiro atoms. The number of ether oxygens (including phenoxy) is 1. The van der Waals surface area contributed by atoms with Crippen LogP contribution in [0.4, 0.5) is 0 Å². The van der Waals surface area contributed by atoms with Gasteiger partial charge in [0, 0.05) is 26.1 Å². The monoisotopic (exact) mass is 362 g/mol. The highest BCUT2D eigenvalue weighted by Gasteiger charge is 2.27. The quantitative estimate of drug-likeness (QED) is 0.732. The van der Waals surface area contributed by atoms with E-state index in [0.29, 0.717) is 18.7 Å². The molecule has 7 nitrogen and oxygen atoms in total. The lowest BCUT2D eigenvalue weighted by Crippen LogP contribution is -2.44. The maximum atomic E-state index is 12.7. The number of hydrogen-bond donors (Lipinski definition) is 2. The molecule has 1 fully saturated rings. The van der Waals surface area contributed by atoms with Crippen molar-refractivity contribution in [2.24, 2.45) is 0 Å². The average molecular weight is 362 g/mol. The zero-order valence-corrected chi connectivity index (χ0v) is 15.1. The molecule has 1 atom stereocenters. The molecule has 7 heteroatoms. The fourth-order valence-electron chi connectivity index (χ4n) is 3.16. The van der Waals surface area contributed by atoms with Crippen molar-refractivity contribution in [3.05, 3.63) is 29.8 Å². The van der Waals surface area contributed by atoms with Gasteiger partial charge >= 0.3 is 5.97 Å². The van der Waals surface area contributed by atoms with Crippen molar-refractivity contribution in [1.29, 1.82) is 0 Å². The summed E-state index contributed by atoms with van der Waals surface area (Å²) < 4.78 is 5.41. The van der Waals surface area contributed by atoms with Crippen LogP contribution < -0.4 is 10.1 Å². The molecule has 0 bridgehead atoms. The number of nitrogens with zero attached hydrogens (tertiary/aromatic N) is 1. The summed E-state index contributed by atoms with van der Waals surface area (Å²) in [5, 5.41) is 11.4. The number of likely N-dealkylation sites (N-methyl/N-ethyl adjacent to an activating group) is 1. The Kier molecular flexibility index (Phi) is 7.44. The number of carboxylic acid groups (broad SMARTS) is 1. The van der Waals surface area contributed by atoms with E-state index in [2.05, 4.69) is 5.32 Å². The van der Waals surface area contributed by atoms with Crippen LogP contribution >= 0.6 is 0 Å². The molecule has 1 aliphatic heterocycles. The summed E-state index contributed by atoms with van der Waals surface area (Å²) >= 11 is 0. The van der Waals surface area contributed by atoms with Gasteiger partial charge in [-0.15, -0.1) is 0 Å². The molecule has 1 aliphatic rings. The van der Waals surface area contributed by atoms with Crippen LogP contribution in [0.5, 0.6) is 5.75 Å². The second-order valence-corrected chi connectivity index (χ2v) is 6.46. The van der Waals surface area contributed by atoms with Crippen LogP contribution in [0.2, 0.25) is 0 Å². The van der Waals surface area contributed by atoms with Crippen molar-refractivity contribution >= 4 is 17.8 Å². The van der Waals surface area contributed by atoms with E-state index in [9.17, 15) is 14.4 Å². The van der Waals surface area contributed by atoms with Crippen molar-refractivity contribution in [3.8, 4) is 5.75 Å². The summed E-state index contributed by atoms with van der Waals surface area (Å²) in [6.07, 6.45) is 3.64. The van der Waals surface area contributed by atoms with Gasteiger partial charge in [0.05, 0.1) is 6.42 Å². The number of piperidine rings is 1. The maximum absolute atomic E-state index is 12.7. The summed E-state index contributed by atoms with van der Waals surface area (Å²) in [7, 11) is 1.54. The minimum atomic E-state index is -0.830. The molecule has 1 saturated heterocycles. The molecule has 0 saturated carbocycles. The van der Waals surface area contributed by atoms with Gasteiger partial charge in [0.25, 0.3) is 5.91 Å². The molecule has 0 radical (unpaired) electrons. The minimum absolute atomic E-state index is 0.0000303. The lowest BCUT2D eigenvalue weighted by molar-refractivity contribution is -0.139. The first-order valence-electron chi connectivity index (χ1n) is 8.93. The third-order valence-electron chi connectivity index (χ3n) is 4.54. The highest BCUT2D eigenvalue weighted by atomic mass is 16.5. The van der Waals surface area contributed by atoms with E-state index in [1.807, 2.05) is 11.0 Å². The zero-order valence-electron chi connectivity index (χ0n) is 15.1. The summed E-state index contributed by atoms with van der Waals surface area (Å²) in [6, 6.07) is 7.14. The molecule has 1 unspecified atom stereocenters. The first kappa shape index (κ1) is 19.8. The molecular weight excluding hydrogens is 336 g/mol. The van der Waals surface area contributed by atoms with Gasteiger partial charge < -0.3 is 20.1 Å². The molecule has 26 heavy (non-hydrogen) atoms. The lowest BCUT2D eigenvalue weighted by atomic mass is 9.97. The standard InChI is InChI=1S/C19H26N2O5/c1-20-17(22)13-26-16-7-4-5-14(11-16)12-18(23)21-10-3-2-6-15(21)8-9-19(24)25/h4-5,7,11,15H,2-3,6,8-10,12-13H2,1H3,(H,20,22)(H,24,25). The van der Waals surface area contributed by atoms with E-state index in [0.717, 1.165) is 24.8 Å². The SMILES string of the molecule is CNC(=O)COc1cccc(CC(=O)N2CCCCC2CCC(=O)O)c1. The Morgan fingerprint density at radius 2 is 2.12 bits per heavy atom. The number of carbonyl (C=O) groups excluding carboxylic acids is 2. The number of carbonyl (C=O) groups is 3. The number of rotatable bonds is 8. The van der Waals surface area contributed by atoms with Crippen LogP contribution in [-0.2, 0) is 20.8 Å². The van der Waals surface area contributed by atoms with E-state index in [4.69, 9.17) is 9.84 Å². The summed E-state index contributed by atoms with van der Waals surface area (Å²) in [6.45, 7) is 0.604. The summed E-state index contributed by atoms with van der Waals surface area (Å²) in [4.78, 5) is 36.6. The van der Waals surface area contributed by atoms with Crippen molar-refractivity contribution in [2.45, 2.75) is 44.6 Å². The highest BCUT2D eigenvalue weighted by Crippen LogP contribution is 2.23. The number of likely N-dealkylation sites (tertiary alicyclic amines) is 1. The Bertz CT molecular complexity index is 647. The van der Waals surface area contributed by atoms with E-state index >= 15 is 0 Å². The largest absolute Gasteiger partial charge is 0.484 e. The van der Waals surface area contributed by atoms with Gasteiger partial charge in [-0.2, -0.15) is 0 Å². The van der Waals surface area contributed by atoms with Crippen LogP contribution in [0.3, 0.4) is 0 Å². The number of benzene rings is 1. The third kappa shape index (κ3) is 6.06. The number of amides is 2. The van der Waals surface area contributed by atoms with E-state index in [-0.39, 0.29) is 37.3 Å². The predicted octanol–water partition coefficient (Wildman–Crippen LogP) is 1.60. The fourth-order valence-corrected chi connectivity index (χ4v) is 3.16. The topological polar surface area (TPSA) is 95.9 Å². The highest BCUT2D eigenvalue weighted by molar-refractivity contribution is 5.79. The fraction of sp³-hybridized carbons (Fsp3) is 0.526. The van der Waals surface area contributed by atoms with E-state index < -0.39 is 5.97 Å².